The minimum atomic E-state index is -0.295. The molecule has 0 saturated carbocycles. The zero-order chi connectivity index (χ0) is 18.4. The highest BCUT2D eigenvalue weighted by Crippen LogP contribution is 2.38. The van der Waals surface area contributed by atoms with Gasteiger partial charge in [0.1, 0.15) is 18.1 Å². The van der Waals surface area contributed by atoms with Crippen LogP contribution in [-0.4, -0.2) is 38.1 Å². The maximum atomic E-state index is 12.4. The molecule has 0 saturated heterocycles. The maximum Gasteiger partial charge on any atom is 0.190 e. The summed E-state index contributed by atoms with van der Waals surface area (Å²) < 4.78 is 10.9. The highest BCUT2D eigenvalue weighted by Gasteiger charge is 2.31. The van der Waals surface area contributed by atoms with Crippen molar-refractivity contribution in [1.82, 2.24) is 0 Å². The molecule has 134 valence electrons. The molecule has 0 aromatic heterocycles. The molecule has 6 nitrogen and oxygen atoms in total. The molecule has 25 heavy (non-hydrogen) atoms. The van der Waals surface area contributed by atoms with E-state index in [-0.39, 0.29) is 22.7 Å². The van der Waals surface area contributed by atoms with E-state index in [1.54, 1.807) is 6.07 Å². The Bertz CT molecular complexity index is 734. The summed E-state index contributed by atoms with van der Waals surface area (Å²) >= 11 is 0. The number of nitrogens with zero attached hydrogens (tertiary/aromatic N) is 1. The summed E-state index contributed by atoms with van der Waals surface area (Å²) in [4.78, 5) is 30.0. The van der Waals surface area contributed by atoms with Crippen LogP contribution in [-0.2, 0) is 4.84 Å². The Hall–Kier alpha value is -2.63. The van der Waals surface area contributed by atoms with Crippen LogP contribution in [0.2, 0.25) is 0 Å². The van der Waals surface area contributed by atoms with Crippen molar-refractivity contribution in [3.63, 3.8) is 0 Å². The van der Waals surface area contributed by atoms with Crippen molar-refractivity contribution in [2.75, 3.05) is 20.8 Å². The lowest BCUT2D eigenvalue weighted by Gasteiger charge is -2.20. The Morgan fingerprint density at radius 2 is 1.68 bits per heavy atom. The SMILES string of the molecule is CCCO/N=C(\CCC)c1cc(OC)c2c(c1OC)C(=O)C=CC2=O. The van der Waals surface area contributed by atoms with Gasteiger partial charge in [-0.15, -0.1) is 0 Å². The van der Waals surface area contributed by atoms with Crippen LogP contribution in [0, 0.1) is 0 Å². The number of benzene rings is 1. The number of ketones is 2. The average molecular weight is 345 g/mol. The molecule has 1 aliphatic rings. The number of hydrogen-bond acceptors (Lipinski definition) is 6. The van der Waals surface area contributed by atoms with Gasteiger partial charge in [0.25, 0.3) is 0 Å². The molecular formula is C19H23NO5. The van der Waals surface area contributed by atoms with Crippen molar-refractivity contribution in [3.05, 3.63) is 34.9 Å². The summed E-state index contributed by atoms with van der Waals surface area (Å²) in [5, 5.41) is 4.22. The number of rotatable bonds is 8. The van der Waals surface area contributed by atoms with Crippen molar-refractivity contribution < 1.29 is 23.9 Å². The normalized spacial score (nSPS) is 13.7. The van der Waals surface area contributed by atoms with Gasteiger partial charge in [-0.1, -0.05) is 25.4 Å². The van der Waals surface area contributed by atoms with Gasteiger partial charge >= 0.3 is 0 Å². The smallest absolute Gasteiger partial charge is 0.190 e. The first-order chi connectivity index (χ1) is 12.1. The van der Waals surface area contributed by atoms with E-state index >= 15 is 0 Å². The van der Waals surface area contributed by atoms with Gasteiger partial charge in [0, 0.05) is 5.56 Å². The van der Waals surface area contributed by atoms with Crippen LogP contribution in [0.3, 0.4) is 0 Å². The van der Waals surface area contributed by atoms with Crippen molar-refractivity contribution >= 4 is 17.3 Å². The minimum Gasteiger partial charge on any atom is -0.496 e. The second kappa shape index (κ2) is 8.46. The van der Waals surface area contributed by atoms with Crippen LogP contribution in [0.4, 0.5) is 0 Å². The first kappa shape index (κ1) is 18.7. The molecule has 0 fully saturated rings. The molecule has 0 heterocycles. The summed E-state index contributed by atoms with van der Waals surface area (Å²) in [7, 11) is 2.93. The third-order valence-electron chi connectivity index (χ3n) is 3.81. The Kier molecular flexibility index (Phi) is 6.33. The summed E-state index contributed by atoms with van der Waals surface area (Å²) in [6.45, 7) is 4.51. The van der Waals surface area contributed by atoms with Crippen molar-refractivity contribution in [3.8, 4) is 11.5 Å². The Morgan fingerprint density at radius 3 is 2.24 bits per heavy atom. The molecule has 0 unspecified atom stereocenters. The van der Waals surface area contributed by atoms with Crippen molar-refractivity contribution in [2.45, 2.75) is 33.1 Å². The Balaban J connectivity index is 2.70. The predicted octanol–water partition coefficient (Wildman–Crippen LogP) is 3.57. The fourth-order valence-electron chi connectivity index (χ4n) is 2.71. The Labute approximate surface area is 147 Å². The van der Waals surface area contributed by atoms with E-state index in [0.29, 0.717) is 35.8 Å². The molecule has 1 aliphatic carbocycles. The van der Waals surface area contributed by atoms with Crippen LogP contribution < -0.4 is 9.47 Å². The van der Waals surface area contributed by atoms with Gasteiger partial charge in [-0.3, -0.25) is 9.59 Å². The first-order valence-electron chi connectivity index (χ1n) is 8.33. The number of carbonyl (C=O) groups excluding carboxylic acids is 2. The molecule has 1 aromatic carbocycles. The summed E-state index contributed by atoms with van der Waals surface area (Å²) in [5.74, 6) is 0.0723. The standard InChI is InChI=1S/C19H23NO5/c1-5-7-13(20-25-10-6-2)12-11-16(23-3)17-14(21)8-9-15(22)18(17)19(12)24-4/h8-9,11H,5-7,10H2,1-4H3/b20-13+. The van der Waals surface area contributed by atoms with Crippen LogP contribution in [0.15, 0.2) is 23.4 Å². The third-order valence-corrected chi connectivity index (χ3v) is 3.81. The molecule has 1 aromatic rings. The molecule has 0 atom stereocenters. The van der Waals surface area contributed by atoms with Gasteiger partial charge in [-0.05, 0) is 31.1 Å². The summed E-state index contributed by atoms with van der Waals surface area (Å²) in [5.41, 5.74) is 1.70. The number of methoxy groups -OCH3 is 2. The molecule has 6 heteroatoms. The van der Waals surface area contributed by atoms with Crippen molar-refractivity contribution in [1.29, 1.82) is 0 Å². The number of hydrogen-bond donors (Lipinski definition) is 0. The second-order valence-corrected chi connectivity index (χ2v) is 5.59. The first-order valence-corrected chi connectivity index (χ1v) is 8.33. The van der Waals surface area contributed by atoms with E-state index in [4.69, 9.17) is 14.3 Å². The van der Waals surface area contributed by atoms with Crippen LogP contribution in [0.5, 0.6) is 11.5 Å². The molecule has 0 aliphatic heterocycles. The van der Waals surface area contributed by atoms with E-state index in [1.807, 2.05) is 13.8 Å². The maximum absolute atomic E-state index is 12.4. The van der Waals surface area contributed by atoms with Gasteiger partial charge < -0.3 is 14.3 Å². The highest BCUT2D eigenvalue weighted by molar-refractivity contribution is 6.25. The number of fused-ring (bicyclic) bond motifs is 1. The number of carbonyl (C=O) groups is 2. The fraction of sp³-hybridized carbons (Fsp3) is 0.421. The van der Waals surface area contributed by atoms with E-state index in [9.17, 15) is 9.59 Å². The summed E-state index contributed by atoms with van der Waals surface area (Å²) in [6.07, 6.45) is 4.81. The topological polar surface area (TPSA) is 74.2 Å². The molecular weight excluding hydrogens is 322 g/mol. The number of allylic oxidation sites excluding steroid dienone is 2. The molecule has 0 amide bonds. The van der Waals surface area contributed by atoms with Gasteiger partial charge in [-0.2, -0.15) is 0 Å². The number of oxime groups is 1. The van der Waals surface area contributed by atoms with Gasteiger partial charge in [0.15, 0.2) is 11.6 Å². The lowest BCUT2D eigenvalue weighted by molar-refractivity contribution is 0.0989. The van der Waals surface area contributed by atoms with E-state index in [2.05, 4.69) is 5.16 Å². The zero-order valence-electron chi connectivity index (χ0n) is 15.0. The minimum absolute atomic E-state index is 0.212. The summed E-state index contributed by atoms with van der Waals surface area (Å²) in [6, 6.07) is 1.69. The van der Waals surface area contributed by atoms with Crippen LogP contribution in [0.1, 0.15) is 59.4 Å². The zero-order valence-corrected chi connectivity index (χ0v) is 15.0. The van der Waals surface area contributed by atoms with Crippen LogP contribution in [0.25, 0.3) is 0 Å². The second-order valence-electron chi connectivity index (χ2n) is 5.59. The highest BCUT2D eigenvalue weighted by atomic mass is 16.6. The molecule has 2 rings (SSSR count). The number of ether oxygens (including phenoxy) is 2. The molecule has 0 bridgehead atoms. The Morgan fingerprint density at radius 1 is 1.00 bits per heavy atom. The van der Waals surface area contributed by atoms with Crippen LogP contribution >= 0.6 is 0 Å². The molecule has 0 spiro atoms. The fourth-order valence-corrected chi connectivity index (χ4v) is 2.71. The lowest BCUT2D eigenvalue weighted by atomic mass is 9.89. The molecule has 0 radical (unpaired) electrons. The molecule has 0 N–H and O–H groups in total. The average Bonchev–Trinajstić information content (AvgIpc) is 2.62. The van der Waals surface area contributed by atoms with Gasteiger partial charge in [0.2, 0.25) is 0 Å². The van der Waals surface area contributed by atoms with E-state index < -0.39 is 0 Å². The third kappa shape index (κ3) is 3.73. The van der Waals surface area contributed by atoms with Gasteiger partial charge in [0.05, 0.1) is 31.1 Å². The lowest BCUT2D eigenvalue weighted by Crippen LogP contribution is -2.18. The quantitative estimate of drug-likeness (QED) is 0.409. The van der Waals surface area contributed by atoms with E-state index in [0.717, 1.165) is 12.8 Å². The van der Waals surface area contributed by atoms with Gasteiger partial charge in [-0.25, -0.2) is 0 Å². The van der Waals surface area contributed by atoms with Crippen molar-refractivity contribution in [2.24, 2.45) is 5.16 Å². The monoisotopic (exact) mass is 345 g/mol. The predicted molar refractivity (Wildman–Crippen MR) is 95.0 cm³/mol. The van der Waals surface area contributed by atoms with E-state index in [1.165, 1.54) is 26.4 Å². The largest absolute Gasteiger partial charge is 0.496 e.